The molecule has 2 aromatic rings. The van der Waals surface area contributed by atoms with Crippen LogP contribution in [0.5, 0.6) is 0 Å². The van der Waals surface area contributed by atoms with Gasteiger partial charge in [0.25, 0.3) is 0 Å². The summed E-state index contributed by atoms with van der Waals surface area (Å²) < 4.78 is 6.39. The van der Waals surface area contributed by atoms with Crippen molar-refractivity contribution in [2.75, 3.05) is 0 Å². The first kappa shape index (κ1) is 13.3. The molecule has 0 radical (unpaired) electrons. The molecule has 0 fully saturated rings. The lowest BCUT2D eigenvalue weighted by atomic mass is 10.0. The highest BCUT2D eigenvalue weighted by Gasteiger charge is 2.16. The molecule has 96 valence electrons. The lowest BCUT2D eigenvalue weighted by Gasteiger charge is -2.14. The van der Waals surface area contributed by atoms with Gasteiger partial charge in [0.1, 0.15) is 5.76 Å². The quantitative estimate of drug-likeness (QED) is 0.656. The number of aryl methyl sites for hydroxylation is 2. The molecule has 0 aliphatic heterocycles. The molecule has 4 heteroatoms. The standard InChI is InChI=1S/C14H17BrN2O/c1-10-2-4-11(5-3-10)6-7-13(17-16)14-12(15)8-9-18-14/h2-5,8-9,13,17H,6-7,16H2,1H3. The highest BCUT2D eigenvalue weighted by molar-refractivity contribution is 9.10. The Hall–Kier alpha value is -1.10. The van der Waals surface area contributed by atoms with E-state index in [4.69, 9.17) is 10.3 Å². The van der Waals surface area contributed by atoms with Crippen LogP contribution >= 0.6 is 15.9 Å². The number of hydrogen-bond acceptors (Lipinski definition) is 3. The van der Waals surface area contributed by atoms with Gasteiger partial charge in [0, 0.05) is 0 Å². The Morgan fingerprint density at radius 1 is 1.28 bits per heavy atom. The third-order valence-corrected chi connectivity index (χ3v) is 3.66. The van der Waals surface area contributed by atoms with Crippen LogP contribution in [0, 0.1) is 6.92 Å². The highest BCUT2D eigenvalue weighted by atomic mass is 79.9. The fourth-order valence-electron chi connectivity index (χ4n) is 1.91. The minimum absolute atomic E-state index is 0.0238. The van der Waals surface area contributed by atoms with Crippen molar-refractivity contribution in [3.8, 4) is 0 Å². The van der Waals surface area contributed by atoms with Crippen molar-refractivity contribution in [1.82, 2.24) is 5.43 Å². The van der Waals surface area contributed by atoms with Crippen molar-refractivity contribution in [1.29, 1.82) is 0 Å². The fraction of sp³-hybridized carbons (Fsp3) is 0.286. The second-order valence-corrected chi connectivity index (χ2v) is 5.23. The molecule has 1 atom stereocenters. The van der Waals surface area contributed by atoms with E-state index in [0.717, 1.165) is 23.1 Å². The minimum Gasteiger partial charge on any atom is -0.466 e. The fourth-order valence-corrected chi connectivity index (χ4v) is 2.39. The zero-order valence-corrected chi connectivity index (χ0v) is 11.9. The maximum atomic E-state index is 5.59. The maximum Gasteiger partial charge on any atom is 0.136 e. The summed E-state index contributed by atoms with van der Waals surface area (Å²) in [7, 11) is 0. The van der Waals surface area contributed by atoms with Crippen LogP contribution in [-0.2, 0) is 6.42 Å². The normalized spacial score (nSPS) is 12.6. The first-order valence-electron chi connectivity index (χ1n) is 5.95. The van der Waals surface area contributed by atoms with Crippen molar-refractivity contribution >= 4 is 15.9 Å². The number of benzene rings is 1. The van der Waals surface area contributed by atoms with Crippen LogP contribution in [0.25, 0.3) is 0 Å². The Balaban J connectivity index is 2.00. The molecule has 3 nitrogen and oxygen atoms in total. The topological polar surface area (TPSA) is 51.2 Å². The Morgan fingerprint density at radius 3 is 2.56 bits per heavy atom. The number of hydrogen-bond donors (Lipinski definition) is 2. The van der Waals surface area contributed by atoms with Crippen LogP contribution < -0.4 is 11.3 Å². The molecule has 0 bridgehead atoms. The highest BCUT2D eigenvalue weighted by Crippen LogP contribution is 2.27. The van der Waals surface area contributed by atoms with E-state index < -0.39 is 0 Å². The Labute approximate surface area is 115 Å². The van der Waals surface area contributed by atoms with E-state index in [-0.39, 0.29) is 6.04 Å². The number of nitrogens with two attached hydrogens (primary N) is 1. The van der Waals surface area contributed by atoms with Gasteiger partial charge in [-0.05, 0) is 47.3 Å². The lowest BCUT2D eigenvalue weighted by molar-refractivity contribution is 0.399. The molecule has 0 saturated heterocycles. The molecule has 1 unspecified atom stereocenters. The average molecular weight is 309 g/mol. The van der Waals surface area contributed by atoms with Crippen molar-refractivity contribution in [3.63, 3.8) is 0 Å². The molecule has 1 aromatic carbocycles. The molecule has 18 heavy (non-hydrogen) atoms. The molecule has 1 heterocycles. The van der Waals surface area contributed by atoms with Crippen LogP contribution in [0.15, 0.2) is 45.5 Å². The van der Waals surface area contributed by atoms with E-state index in [1.165, 1.54) is 11.1 Å². The number of nitrogens with one attached hydrogen (secondary N) is 1. The second-order valence-electron chi connectivity index (χ2n) is 4.38. The van der Waals surface area contributed by atoms with Crippen molar-refractivity contribution in [3.05, 3.63) is 58.0 Å². The van der Waals surface area contributed by atoms with Gasteiger partial charge in [-0.25, -0.2) is 5.43 Å². The van der Waals surface area contributed by atoms with Gasteiger partial charge in [0.05, 0.1) is 16.8 Å². The zero-order chi connectivity index (χ0) is 13.0. The molecule has 0 aliphatic rings. The third kappa shape index (κ3) is 3.22. The van der Waals surface area contributed by atoms with Crippen LogP contribution in [-0.4, -0.2) is 0 Å². The summed E-state index contributed by atoms with van der Waals surface area (Å²) in [5, 5.41) is 0. The van der Waals surface area contributed by atoms with Crippen LogP contribution in [0.1, 0.15) is 29.3 Å². The predicted octanol–water partition coefficient (Wildman–Crippen LogP) is 3.49. The van der Waals surface area contributed by atoms with E-state index in [1.54, 1.807) is 6.26 Å². The van der Waals surface area contributed by atoms with Gasteiger partial charge in [-0.3, -0.25) is 5.84 Å². The molecule has 2 rings (SSSR count). The summed E-state index contributed by atoms with van der Waals surface area (Å²) in [4.78, 5) is 0. The summed E-state index contributed by atoms with van der Waals surface area (Å²) >= 11 is 3.45. The van der Waals surface area contributed by atoms with Gasteiger partial charge in [-0.15, -0.1) is 0 Å². The zero-order valence-electron chi connectivity index (χ0n) is 10.3. The van der Waals surface area contributed by atoms with Gasteiger partial charge >= 0.3 is 0 Å². The first-order valence-corrected chi connectivity index (χ1v) is 6.74. The lowest BCUT2D eigenvalue weighted by Crippen LogP contribution is -2.28. The average Bonchev–Trinajstić information content (AvgIpc) is 2.79. The third-order valence-electron chi connectivity index (χ3n) is 3.00. The molecule has 0 aliphatic carbocycles. The van der Waals surface area contributed by atoms with Crippen LogP contribution in [0.3, 0.4) is 0 Å². The summed E-state index contributed by atoms with van der Waals surface area (Å²) in [5.74, 6) is 6.44. The van der Waals surface area contributed by atoms with Gasteiger partial charge in [-0.1, -0.05) is 29.8 Å². The summed E-state index contributed by atoms with van der Waals surface area (Å²) in [6.07, 6.45) is 3.52. The van der Waals surface area contributed by atoms with E-state index in [0.29, 0.717) is 0 Å². The molecular weight excluding hydrogens is 292 g/mol. The molecule has 0 amide bonds. The molecule has 0 spiro atoms. The number of hydrazine groups is 1. The number of halogens is 1. The van der Waals surface area contributed by atoms with Crippen molar-refractivity contribution in [2.45, 2.75) is 25.8 Å². The summed E-state index contributed by atoms with van der Waals surface area (Å²) in [5.41, 5.74) is 5.39. The SMILES string of the molecule is Cc1ccc(CCC(NN)c2occc2Br)cc1. The molecule has 1 aromatic heterocycles. The van der Waals surface area contributed by atoms with Gasteiger partial charge < -0.3 is 4.42 Å². The maximum absolute atomic E-state index is 5.59. The number of furan rings is 1. The van der Waals surface area contributed by atoms with Crippen LogP contribution in [0.2, 0.25) is 0 Å². The summed E-state index contributed by atoms with van der Waals surface area (Å²) in [6, 6.07) is 10.5. The van der Waals surface area contributed by atoms with Gasteiger partial charge in [0.2, 0.25) is 0 Å². The molecular formula is C14H17BrN2O. The van der Waals surface area contributed by atoms with E-state index in [9.17, 15) is 0 Å². The molecule has 0 saturated carbocycles. The Morgan fingerprint density at radius 2 is 2.00 bits per heavy atom. The van der Waals surface area contributed by atoms with Crippen molar-refractivity contribution in [2.24, 2.45) is 5.84 Å². The van der Waals surface area contributed by atoms with E-state index in [2.05, 4.69) is 52.5 Å². The monoisotopic (exact) mass is 308 g/mol. The van der Waals surface area contributed by atoms with E-state index in [1.807, 2.05) is 6.07 Å². The van der Waals surface area contributed by atoms with Crippen LogP contribution in [0.4, 0.5) is 0 Å². The second kappa shape index (κ2) is 6.18. The predicted molar refractivity (Wildman–Crippen MR) is 76.0 cm³/mol. The Kier molecular flexibility index (Phi) is 4.58. The van der Waals surface area contributed by atoms with E-state index >= 15 is 0 Å². The van der Waals surface area contributed by atoms with Crippen molar-refractivity contribution < 1.29 is 4.42 Å². The first-order chi connectivity index (χ1) is 8.70. The summed E-state index contributed by atoms with van der Waals surface area (Å²) in [6.45, 7) is 2.09. The number of rotatable bonds is 5. The smallest absolute Gasteiger partial charge is 0.136 e. The minimum atomic E-state index is 0.0238. The van der Waals surface area contributed by atoms with Gasteiger partial charge in [0.15, 0.2) is 0 Å². The van der Waals surface area contributed by atoms with Gasteiger partial charge in [-0.2, -0.15) is 0 Å². The molecule has 3 N–H and O–H groups in total. The largest absolute Gasteiger partial charge is 0.466 e. The Bertz CT molecular complexity index is 493.